The van der Waals surface area contributed by atoms with Crippen LogP contribution in [0.1, 0.15) is 21.5 Å². The summed E-state index contributed by atoms with van der Waals surface area (Å²) >= 11 is 0. The van der Waals surface area contributed by atoms with Crippen molar-refractivity contribution in [2.45, 2.75) is 6.42 Å². The van der Waals surface area contributed by atoms with Crippen LogP contribution >= 0.6 is 0 Å². The van der Waals surface area contributed by atoms with Crippen LogP contribution in [-0.2, 0) is 6.42 Å². The van der Waals surface area contributed by atoms with Crippen molar-refractivity contribution in [3.05, 3.63) is 83.6 Å². The third-order valence-corrected chi connectivity index (χ3v) is 3.21. The number of nitrogens with zero attached hydrogens (tertiary/aromatic N) is 3. The number of carbonyl (C=O) groups excluding carboxylic acids is 1. The van der Waals surface area contributed by atoms with E-state index in [0.717, 1.165) is 11.1 Å². The Morgan fingerprint density at radius 3 is 2.65 bits per heavy atom. The van der Waals surface area contributed by atoms with Crippen molar-refractivity contribution in [1.82, 2.24) is 15.2 Å². The van der Waals surface area contributed by atoms with E-state index in [4.69, 9.17) is 0 Å². The van der Waals surface area contributed by atoms with E-state index in [1.807, 2.05) is 12.1 Å². The third kappa shape index (κ3) is 3.94. The smallest absolute Gasteiger partial charge is 0.258 e. The molecular weight excluding hydrogens is 295 g/mol. The SMILES string of the molecule is O=C(Nc1ccc(Cc2cccc(F)c2)cn1)c1ccnnc1. The first kappa shape index (κ1) is 14.8. The average molecular weight is 308 g/mol. The molecule has 2 heterocycles. The van der Waals surface area contributed by atoms with Crippen LogP contribution in [0.5, 0.6) is 0 Å². The van der Waals surface area contributed by atoms with Gasteiger partial charge in [0.1, 0.15) is 11.6 Å². The molecule has 114 valence electrons. The maximum atomic E-state index is 13.2. The molecule has 0 fully saturated rings. The Hall–Kier alpha value is -3.15. The van der Waals surface area contributed by atoms with Gasteiger partial charge in [0.15, 0.2) is 0 Å². The number of aromatic nitrogens is 3. The fourth-order valence-corrected chi connectivity index (χ4v) is 2.10. The highest BCUT2D eigenvalue weighted by molar-refractivity contribution is 6.03. The lowest BCUT2D eigenvalue weighted by Gasteiger charge is -2.06. The maximum Gasteiger partial charge on any atom is 0.258 e. The molecule has 1 amide bonds. The van der Waals surface area contributed by atoms with Crippen molar-refractivity contribution in [3.63, 3.8) is 0 Å². The van der Waals surface area contributed by atoms with Gasteiger partial charge in [-0.2, -0.15) is 10.2 Å². The van der Waals surface area contributed by atoms with Crippen LogP contribution in [0.2, 0.25) is 0 Å². The first-order valence-electron chi connectivity index (χ1n) is 6.98. The number of halogens is 1. The molecule has 3 rings (SSSR count). The third-order valence-electron chi connectivity index (χ3n) is 3.21. The predicted molar refractivity (Wildman–Crippen MR) is 83.4 cm³/mol. The Bertz CT molecular complexity index is 806. The number of amides is 1. The monoisotopic (exact) mass is 308 g/mol. The Kier molecular flexibility index (Phi) is 4.33. The summed E-state index contributed by atoms with van der Waals surface area (Å²) in [4.78, 5) is 16.2. The van der Waals surface area contributed by atoms with Gasteiger partial charge < -0.3 is 5.32 Å². The van der Waals surface area contributed by atoms with Gasteiger partial charge in [-0.25, -0.2) is 9.37 Å². The summed E-state index contributed by atoms with van der Waals surface area (Å²) in [7, 11) is 0. The molecule has 0 spiro atoms. The van der Waals surface area contributed by atoms with Gasteiger partial charge in [0.05, 0.1) is 18.0 Å². The van der Waals surface area contributed by atoms with Crippen molar-refractivity contribution in [1.29, 1.82) is 0 Å². The molecule has 1 N–H and O–H groups in total. The second kappa shape index (κ2) is 6.74. The van der Waals surface area contributed by atoms with Crippen LogP contribution in [0, 0.1) is 5.82 Å². The number of nitrogens with one attached hydrogen (secondary N) is 1. The van der Waals surface area contributed by atoms with Crippen LogP contribution in [0.4, 0.5) is 10.2 Å². The van der Waals surface area contributed by atoms with Gasteiger partial charge in [-0.1, -0.05) is 18.2 Å². The molecule has 3 aromatic rings. The highest BCUT2D eigenvalue weighted by Gasteiger charge is 2.07. The van der Waals surface area contributed by atoms with Crippen LogP contribution in [-0.4, -0.2) is 21.1 Å². The van der Waals surface area contributed by atoms with Gasteiger partial charge in [0, 0.05) is 6.20 Å². The number of benzene rings is 1. The molecule has 23 heavy (non-hydrogen) atoms. The Balaban J connectivity index is 1.66. The topological polar surface area (TPSA) is 67.8 Å². The van der Waals surface area contributed by atoms with E-state index in [1.165, 1.54) is 24.5 Å². The van der Waals surface area contributed by atoms with E-state index < -0.39 is 0 Å². The molecule has 0 saturated carbocycles. The maximum absolute atomic E-state index is 13.2. The minimum Gasteiger partial charge on any atom is -0.307 e. The lowest BCUT2D eigenvalue weighted by Crippen LogP contribution is -2.13. The molecule has 0 bridgehead atoms. The largest absolute Gasteiger partial charge is 0.307 e. The van der Waals surface area contributed by atoms with E-state index >= 15 is 0 Å². The van der Waals surface area contributed by atoms with Gasteiger partial charge in [0.25, 0.3) is 5.91 Å². The number of anilines is 1. The number of rotatable bonds is 4. The zero-order valence-corrected chi connectivity index (χ0v) is 12.1. The molecule has 1 aromatic carbocycles. The minimum atomic E-state index is -0.301. The van der Waals surface area contributed by atoms with Crippen molar-refractivity contribution in [3.8, 4) is 0 Å². The predicted octanol–water partition coefficient (Wildman–Crippen LogP) is 2.85. The van der Waals surface area contributed by atoms with Crippen LogP contribution < -0.4 is 5.32 Å². The van der Waals surface area contributed by atoms with Gasteiger partial charge >= 0.3 is 0 Å². The summed E-state index contributed by atoms with van der Waals surface area (Å²) in [6.07, 6.45) is 5.07. The summed E-state index contributed by atoms with van der Waals surface area (Å²) in [6, 6.07) is 11.6. The lowest BCUT2D eigenvalue weighted by atomic mass is 10.1. The number of hydrogen-bond acceptors (Lipinski definition) is 4. The van der Waals surface area contributed by atoms with E-state index in [2.05, 4.69) is 20.5 Å². The standard InChI is InChI=1S/C17H13FN4O/c18-15-3-1-2-12(9-15)8-13-4-5-16(19-10-13)22-17(23)14-6-7-20-21-11-14/h1-7,9-11H,8H2,(H,19,22,23). The average Bonchev–Trinajstić information content (AvgIpc) is 2.57. The molecule has 2 aromatic heterocycles. The first-order chi connectivity index (χ1) is 11.2. The summed E-state index contributed by atoms with van der Waals surface area (Å²) < 4.78 is 13.2. The number of hydrogen-bond donors (Lipinski definition) is 1. The van der Waals surface area contributed by atoms with E-state index in [1.54, 1.807) is 24.4 Å². The normalized spacial score (nSPS) is 10.3. The molecule has 0 aliphatic carbocycles. The second-order valence-corrected chi connectivity index (χ2v) is 4.94. The fourth-order valence-electron chi connectivity index (χ4n) is 2.10. The lowest BCUT2D eigenvalue weighted by molar-refractivity contribution is 0.102. The zero-order valence-electron chi connectivity index (χ0n) is 12.1. The highest BCUT2D eigenvalue weighted by Crippen LogP contribution is 2.12. The summed E-state index contributed by atoms with van der Waals surface area (Å²) in [6.45, 7) is 0. The molecular formula is C17H13FN4O. The van der Waals surface area contributed by atoms with Crippen LogP contribution in [0.25, 0.3) is 0 Å². The molecule has 0 radical (unpaired) electrons. The Morgan fingerprint density at radius 2 is 1.96 bits per heavy atom. The number of pyridine rings is 1. The molecule has 0 saturated heterocycles. The van der Waals surface area contributed by atoms with Crippen LogP contribution in [0.3, 0.4) is 0 Å². The summed E-state index contributed by atoms with van der Waals surface area (Å²) in [5.74, 6) is -0.120. The second-order valence-electron chi connectivity index (χ2n) is 4.94. The number of carbonyl (C=O) groups is 1. The van der Waals surface area contributed by atoms with E-state index in [9.17, 15) is 9.18 Å². The van der Waals surface area contributed by atoms with E-state index in [0.29, 0.717) is 17.8 Å². The molecule has 0 aliphatic rings. The molecule has 5 nitrogen and oxygen atoms in total. The molecule has 0 aliphatic heterocycles. The summed E-state index contributed by atoms with van der Waals surface area (Å²) in [5, 5.41) is 9.95. The van der Waals surface area contributed by atoms with Gasteiger partial charge in [-0.05, 0) is 41.8 Å². The summed E-state index contributed by atoms with van der Waals surface area (Å²) in [5.41, 5.74) is 2.20. The van der Waals surface area contributed by atoms with Gasteiger partial charge in [0.2, 0.25) is 0 Å². The van der Waals surface area contributed by atoms with Gasteiger partial charge in [-0.3, -0.25) is 4.79 Å². The molecule has 0 unspecified atom stereocenters. The van der Waals surface area contributed by atoms with Crippen molar-refractivity contribution >= 4 is 11.7 Å². The van der Waals surface area contributed by atoms with E-state index in [-0.39, 0.29) is 11.7 Å². The van der Waals surface area contributed by atoms with Crippen molar-refractivity contribution < 1.29 is 9.18 Å². The van der Waals surface area contributed by atoms with Gasteiger partial charge in [-0.15, -0.1) is 0 Å². The first-order valence-corrected chi connectivity index (χ1v) is 6.98. The minimum absolute atomic E-state index is 0.259. The van der Waals surface area contributed by atoms with Crippen molar-refractivity contribution in [2.75, 3.05) is 5.32 Å². The molecule has 6 heteroatoms. The van der Waals surface area contributed by atoms with Crippen LogP contribution in [0.15, 0.2) is 61.1 Å². The fraction of sp³-hybridized carbons (Fsp3) is 0.0588. The molecule has 0 atom stereocenters. The quantitative estimate of drug-likeness (QED) is 0.804. The Morgan fingerprint density at radius 1 is 1.04 bits per heavy atom. The van der Waals surface area contributed by atoms with Crippen molar-refractivity contribution in [2.24, 2.45) is 0 Å². The highest BCUT2D eigenvalue weighted by atomic mass is 19.1. The Labute approximate surface area is 132 Å². The zero-order chi connectivity index (χ0) is 16.1.